The van der Waals surface area contributed by atoms with Gasteiger partial charge in [-0.05, 0) is 20.8 Å². The summed E-state index contributed by atoms with van der Waals surface area (Å²) in [6.45, 7) is 4.04. The van der Waals surface area contributed by atoms with E-state index < -0.39 is 35.4 Å². The fourth-order valence-corrected chi connectivity index (χ4v) is 1.59. The number of urea groups is 1. The minimum Gasteiger partial charge on any atom is -0.480 e. The van der Waals surface area contributed by atoms with Gasteiger partial charge in [0.05, 0.1) is 0 Å². The topological polar surface area (TPSA) is 107 Å². The summed E-state index contributed by atoms with van der Waals surface area (Å²) in [6.07, 6.45) is 0. The number of carboxylic acid groups (broad SMARTS) is 1. The molecule has 0 unspecified atom stereocenters. The Morgan fingerprint density at radius 3 is 2.32 bits per heavy atom. The smallest absolute Gasteiger partial charge is 0.326 e. The van der Waals surface area contributed by atoms with Gasteiger partial charge in [0, 0.05) is 7.05 Å². The Kier molecular flexibility index (Phi) is 3.83. The number of amides is 4. The lowest BCUT2D eigenvalue weighted by atomic mass is 10.0. The van der Waals surface area contributed by atoms with Gasteiger partial charge in [0.15, 0.2) is 0 Å². The van der Waals surface area contributed by atoms with Gasteiger partial charge < -0.3 is 14.9 Å². The quantitative estimate of drug-likeness (QED) is 0.654. The van der Waals surface area contributed by atoms with Crippen molar-refractivity contribution in [3.63, 3.8) is 0 Å². The van der Waals surface area contributed by atoms with Crippen molar-refractivity contribution in [2.45, 2.75) is 32.4 Å². The normalized spacial score (nSPS) is 19.1. The molecule has 0 aromatic heterocycles. The van der Waals surface area contributed by atoms with Gasteiger partial charge in [0.25, 0.3) is 5.91 Å². The molecular weight excluding hydrogens is 254 g/mol. The highest BCUT2D eigenvalue weighted by molar-refractivity contribution is 6.07. The number of rotatable bonds is 4. The maximum Gasteiger partial charge on any atom is 0.326 e. The first-order valence-corrected chi connectivity index (χ1v) is 5.70. The van der Waals surface area contributed by atoms with Crippen molar-refractivity contribution >= 4 is 23.8 Å². The maximum atomic E-state index is 11.9. The van der Waals surface area contributed by atoms with E-state index in [0.717, 1.165) is 9.80 Å². The van der Waals surface area contributed by atoms with Crippen LogP contribution in [0.2, 0.25) is 0 Å². The van der Waals surface area contributed by atoms with Crippen molar-refractivity contribution in [1.29, 1.82) is 0 Å². The average Bonchev–Trinajstić information content (AvgIpc) is 2.49. The fourth-order valence-electron chi connectivity index (χ4n) is 1.59. The number of likely N-dealkylation sites (N-methyl/N-ethyl adjacent to an activating group) is 1. The fraction of sp³-hybridized carbons (Fsp3) is 0.636. The summed E-state index contributed by atoms with van der Waals surface area (Å²) in [6, 6.07) is -1.66. The van der Waals surface area contributed by atoms with E-state index in [-0.39, 0.29) is 6.54 Å². The third kappa shape index (κ3) is 2.67. The van der Waals surface area contributed by atoms with Crippen molar-refractivity contribution in [2.24, 2.45) is 0 Å². The second kappa shape index (κ2) is 4.87. The second-order valence-corrected chi connectivity index (χ2v) is 4.92. The lowest BCUT2D eigenvalue weighted by Crippen LogP contribution is -2.51. The summed E-state index contributed by atoms with van der Waals surface area (Å²) >= 11 is 0. The van der Waals surface area contributed by atoms with Crippen LogP contribution in [0.25, 0.3) is 0 Å². The van der Waals surface area contributed by atoms with Crippen LogP contribution in [0.3, 0.4) is 0 Å². The van der Waals surface area contributed by atoms with Gasteiger partial charge in [-0.2, -0.15) is 0 Å². The van der Waals surface area contributed by atoms with Crippen LogP contribution in [-0.4, -0.2) is 63.9 Å². The molecule has 0 bridgehead atoms. The van der Waals surface area contributed by atoms with E-state index in [4.69, 9.17) is 5.11 Å². The van der Waals surface area contributed by atoms with Crippen LogP contribution in [0.4, 0.5) is 4.79 Å². The third-order valence-corrected chi connectivity index (χ3v) is 3.32. The molecule has 2 N–H and O–H groups in total. The number of carboxylic acids is 1. The van der Waals surface area contributed by atoms with Gasteiger partial charge in [-0.15, -0.1) is 0 Å². The van der Waals surface area contributed by atoms with Crippen LogP contribution < -0.4 is 5.32 Å². The number of nitrogens with zero attached hydrogens (tertiary/aromatic N) is 2. The highest BCUT2D eigenvalue weighted by atomic mass is 16.4. The standard InChI is InChI=1S/C11H17N3O5/c1-6(8(16)17)13(4)7(15)5-14-10(19)12-9(18)11(14,2)3/h6H,5H2,1-4H3,(H,16,17)(H,12,18,19)/t6-/m0/s1. The van der Waals surface area contributed by atoms with E-state index in [1.165, 1.54) is 27.8 Å². The molecule has 0 saturated carbocycles. The second-order valence-electron chi connectivity index (χ2n) is 4.92. The van der Waals surface area contributed by atoms with E-state index >= 15 is 0 Å². The van der Waals surface area contributed by atoms with Gasteiger partial charge in [0.1, 0.15) is 18.1 Å². The first-order chi connectivity index (χ1) is 8.59. The molecule has 0 spiro atoms. The number of imide groups is 1. The summed E-state index contributed by atoms with van der Waals surface area (Å²) in [5, 5.41) is 10.9. The Hall–Kier alpha value is -2.12. The molecule has 1 atom stereocenters. The summed E-state index contributed by atoms with van der Waals surface area (Å²) < 4.78 is 0. The first-order valence-electron chi connectivity index (χ1n) is 5.70. The van der Waals surface area contributed by atoms with E-state index in [2.05, 4.69) is 5.32 Å². The monoisotopic (exact) mass is 271 g/mol. The van der Waals surface area contributed by atoms with Crippen LogP contribution in [0.1, 0.15) is 20.8 Å². The molecule has 19 heavy (non-hydrogen) atoms. The third-order valence-electron chi connectivity index (χ3n) is 3.32. The molecule has 0 aromatic rings. The number of hydrogen-bond donors (Lipinski definition) is 2. The molecule has 4 amide bonds. The van der Waals surface area contributed by atoms with Crippen molar-refractivity contribution in [1.82, 2.24) is 15.1 Å². The van der Waals surface area contributed by atoms with Crippen molar-refractivity contribution in [3.8, 4) is 0 Å². The molecule has 8 nitrogen and oxygen atoms in total. The predicted octanol–water partition coefficient (Wildman–Crippen LogP) is -0.752. The van der Waals surface area contributed by atoms with E-state index in [9.17, 15) is 19.2 Å². The molecular formula is C11H17N3O5. The molecule has 0 radical (unpaired) electrons. The molecule has 106 valence electrons. The van der Waals surface area contributed by atoms with Gasteiger partial charge in [-0.25, -0.2) is 9.59 Å². The van der Waals surface area contributed by atoms with E-state index in [1.807, 2.05) is 0 Å². The number of nitrogens with one attached hydrogen (secondary N) is 1. The van der Waals surface area contributed by atoms with Gasteiger partial charge in [-0.3, -0.25) is 14.9 Å². The molecule has 0 aromatic carbocycles. The lowest BCUT2D eigenvalue weighted by molar-refractivity contribution is -0.148. The maximum absolute atomic E-state index is 11.9. The highest BCUT2D eigenvalue weighted by Crippen LogP contribution is 2.20. The van der Waals surface area contributed by atoms with Crippen LogP contribution >= 0.6 is 0 Å². The van der Waals surface area contributed by atoms with Crippen molar-refractivity contribution in [2.75, 3.05) is 13.6 Å². The Labute approximate surface area is 110 Å². The molecule has 1 aliphatic rings. The molecule has 1 aliphatic heterocycles. The SMILES string of the molecule is C[C@@H](C(=O)O)N(C)C(=O)CN1C(=O)NC(=O)C1(C)C. The zero-order valence-electron chi connectivity index (χ0n) is 11.3. The molecule has 8 heteroatoms. The van der Waals surface area contributed by atoms with Gasteiger partial charge >= 0.3 is 12.0 Å². The van der Waals surface area contributed by atoms with Crippen LogP contribution in [0.5, 0.6) is 0 Å². The lowest BCUT2D eigenvalue weighted by Gasteiger charge is -2.30. The van der Waals surface area contributed by atoms with E-state index in [0.29, 0.717) is 0 Å². The minimum absolute atomic E-state index is 0.349. The van der Waals surface area contributed by atoms with Gasteiger partial charge in [-0.1, -0.05) is 0 Å². The Morgan fingerprint density at radius 2 is 1.95 bits per heavy atom. The largest absolute Gasteiger partial charge is 0.480 e. The Bertz CT molecular complexity index is 446. The Morgan fingerprint density at radius 1 is 1.42 bits per heavy atom. The highest BCUT2D eigenvalue weighted by Gasteiger charge is 2.46. The van der Waals surface area contributed by atoms with Crippen LogP contribution in [0.15, 0.2) is 0 Å². The zero-order valence-corrected chi connectivity index (χ0v) is 11.3. The number of aliphatic carboxylic acids is 1. The zero-order chi connectivity index (χ0) is 15.0. The van der Waals surface area contributed by atoms with Gasteiger partial charge in [0.2, 0.25) is 5.91 Å². The molecule has 0 aliphatic carbocycles. The average molecular weight is 271 g/mol. The molecule has 1 heterocycles. The molecule has 1 saturated heterocycles. The minimum atomic E-state index is -1.14. The number of carbonyl (C=O) groups excluding carboxylic acids is 3. The summed E-state index contributed by atoms with van der Waals surface area (Å²) in [5.74, 6) is -2.18. The summed E-state index contributed by atoms with van der Waals surface area (Å²) in [7, 11) is 1.34. The summed E-state index contributed by atoms with van der Waals surface area (Å²) in [4.78, 5) is 47.9. The predicted molar refractivity (Wildman–Crippen MR) is 64.2 cm³/mol. The van der Waals surface area contributed by atoms with Crippen molar-refractivity contribution < 1.29 is 24.3 Å². The Balaban J connectivity index is 2.80. The van der Waals surface area contributed by atoms with Crippen molar-refractivity contribution in [3.05, 3.63) is 0 Å². The van der Waals surface area contributed by atoms with Crippen LogP contribution in [0, 0.1) is 0 Å². The van der Waals surface area contributed by atoms with E-state index in [1.54, 1.807) is 0 Å². The number of carbonyl (C=O) groups is 4. The molecule has 1 fully saturated rings. The summed E-state index contributed by atoms with van der Waals surface area (Å²) in [5.41, 5.74) is -1.12. The number of hydrogen-bond acceptors (Lipinski definition) is 4. The first kappa shape index (κ1) is 14.9. The van der Waals surface area contributed by atoms with Crippen LogP contribution in [-0.2, 0) is 14.4 Å². The molecule has 1 rings (SSSR count).